The van der Waals surface area contributed by atoms with Crippen LogP contribution in [0.2, 0.25) is 0 Å². The van der Waals surface area contributed by atoms with Crippen molar-refractivity contribution in [1.82, 2.24) is 10.3 Å². The van der Waals surface area contributed by atoms with Gasteiger partial charge in [-0.05, 0) is 31.4 Å². The number of halogens is 3. The highest BCUT2D eigenvalue weighted by molar-refractivity contribution is 7.09. The average molecular weight is 384 g/mol. The third-order valence-corrected chi connectivity index (χ3v) is 5.56. The van der Waals surface area contributed by atoms with Crippen molar-refractivity contribution in [2.24, 2.45) is 0 Å². The molecule has 1 N–H and O–H groups in total. The molecule has 1 aliphatic heterocycles. The predicted octanol–water partition coefficient (Wildman–Crippen LogP) is 3.83. The molecule has 0 saturated carbocycles. The van der Waals surface area contributed by atoms with Crippen LogP contribution < -0.4 is 5.32 Å². The van der Waals surface area contributed by atoms with Crippen molar-refractivity contribution in [1.29, 1.82) is 0 Å². The number of carbonyl (C=O) groups is 1. The summed E-state index contributed by atoms with van der Waals surface area (Å²) in [4.78, 5) is 17.3. The molecule has 2 aromatic rings. The summed E-state index contributed by atoms with van der Waals surface area (Å²) in [5.41, 5.74) is -0.517. The minimum Gasteiger partial charge on any atom is -0.381 e. The highest BCUT2D eigenvalue weighted by atomic mass is 32.1. The standard InChI is InChI=1S/C18H19F3N2O2S/c1-12-11-26-15(23-12)10-22-16(24)17(5-7-25-8-6-17)13-3-2-4-14(9-13)18(19,20)21/h2-4,9,11H,5-8,10H2,1H3,(H,22,24). The van der Waals surface area contributed by atoms with Gasteiger partial charge in [-0.15, -0.1) is 11.3 Å². The third kappa shape index (κ3) is 3.91. The van der Waals surface area contributed by atoms with Gasteiger partial charge in [-0.3, -0.25) is 4.79 Å². The summed E-state index contributed by atoms with van der Waals surface area (Å²) in [5, 5.41) is 5.50. The maximum absolute atomic E-state index is 13.1. The van der Waals surface area contributed by atoms with Gasteiger partial charge in [-0.2, -0.15) is 13.2 Å². The molecule has 8 heteroatoms. The van der Waals surface area contributed by atoms with E-state index in [-0.39, 0.29) is 12.5 Å². The second kappa shape index (κ2) is 7.36. The second-order valence-corrected chi connectivity index (χ2v) is 7.28. The first-order chi connectivity index (χ1) is 12.3. The van der Waals surface area contributed by atoms with Crippen molar-refractivity contribution in [3.63, 3.8) is 0 Å². The first-order valence-corrected chi connectivity index (χ1v) is 9.14. The lowest BCUT2D eigenvalue weighted by Gasteiger charge is -2.36. The van der Waals surface area contributed by atoms with E-state index in [0.29, 0.717) is 31.6 Å². The Bertz CT molecular complexity index is 783. The van der Waals surface area contributed by atoms with Gasteiger partial charge in [0.05, 0.1) is 17.5 Å². The Balaban J connectivity index is 1.87. The Labute approximate surface area is 153 Å². The Morgan fingerprint density at radius 1 is 1.35 bits per heavy atom. The van der Waals surface area contributed by atoms with Gasteiger partial charge in [0.1, 0.15) is 5.01 Å². The van der Waals surface area contributed by atoms with Crippen LogP contribution in [0.15, 0.2) is 29.6 Å². The number of thiazole rings is 1. The number of alkyl halides is 3. The Hall–Kier alpha value is -1.93. The predicted molar refractivity (Wildman–Crippen MR) is 91.9 cm³/mol. The van der Waals surface area contributed by atoms with E-state index in [9.17, 15) is 18.0 Å². The molecule has 140 valence electrons. The van der Waals surface area contributed by atoms with Crippen LogP contribution in [0.1, 0.15) is 34.7 Å². The quantitative estimate of drug-likeness (QED) is 0.872. The molecule has 0 atom stereocenters. The molecule has 1 aliphatic rings. The van der Waals surface area contributed by atoms with E-state index in [0.717, 1.165) is 22.8 Å². The summed E-state index contributed by atoms with van der Waals surface area (Å²) in [6.45, 7) is 2.80. The van der Waals surface area contributed by atoms with Crippen molar-refractivity contribution in [2.75, 3.05) is 13.2 Å². The number of nitrogens with zero attached hydrogens (tertiary/aromatic N) is 1. The zero-order valence-electron chi connectivity index (χ0n) is 14.2. The van der Waals surface area contributed by atoms with Crippen LogP contribution in [-0.4, -0.2) is 24.1 Å². The minimum absolute atomic E-state index is 0.263. The molecule has 2 heterocycles. The average Bonchev–Trinajstić information content (AvgIpc) is 3.05. The molecule has 26 heavy (non-hydrogen) atoms. The second-order valence-electron chi connectivity index (χ2n) is 6.34. The molecule has 1 aromatic heterocycles. The summed E-state index contributed by atoms with van der Waals surface area (Å²) in [6, 6.07) is 5.05. The molecule has 0 bridgehead atoms. The minimum atomic E-state index is -4.45. The zero-order chi connectivity index (χ0) is 18.8. The van der Waals surface area contributed by atoms with Crippen molar-refractivity contribution in [2.45, 2.75) is 37.9 Å². The lowest BCUT2D eigenvalue weighted by molar-refractivity contribution is -0.138. The summed E-state index contributed by atoms with van der Waals surface area (Å²) >= 11 is 1.44. The number of aryl methyl sites for hydroxylation is 1. The van der Waals surface area contributed by atoms with Crippen LogP contribution >= 0.6 is 11.3 Å². The van der Waals surface area contributed by atoms with Gasteiger partial charge in [-0.1, -0.05) is 18.2 Å². The lowest BCUT2D eigenvalue weighted by atomic mass is 9.73. The van der Waals surface area contributed by atoms with E-state index in [1.54, 1.807) is 6.07 Å². The molecule has 0 spiro atoms. The topological polar surface area (TPSA) is 51.2 Å². The number of aromatic nitrogens is 1. The molecule has 1 fully saturated rings. The van der Waals surface area contributed by atoms with Crippen LogP contribution in [0.5, 0.6) is 0 Å². The maximum atomic E-state index is 13.1. The number of hydrogen-bond acceptors (Lipinski definition) is 4. The highest BCUT2D eigenvalue weighted by Crippen LogP contribution is 2.38. The van der Waals surface area contributed by atoms with Gasteiger partial charge < -0.3 is 10.1 Å². The molecule has 1 amide bonds. The highest BCUT2D eigenvalue weighted by Gasteiger charge is 2.43. The van der Waals surface area contributed by atoms with Crippen LogP contribution in [0.25, 0.3) is 0 Å². The fourth-order valence-electron chi connectivity index (χ4n) is 3.17. The van der Waals surface area contributed by atoms with Crippen LogP contribution in [0.3, 0.4) is 0 Å². The van der Waals surface area contributed by atoms with E-state index in [2.05, 4.69) is 10.3 Å². The van der Waals surface area contributed by atoms with Gasteiger partial charge in [0.15, 0.2) is 0 Å². The third-order valence-electron chi connectivity index (χ3n) is 4.59. The summed E-state index contributed by atoms with van der Waals surface area (Å²) in [6.07, 6.45) is -3.76. The molecular formula is C18H19F3N2O2S. The Morgan fingerprint density at radius 2 is 2.08 bits per heavy atom. The van der Waals surface area contributed by atoms with E-state index >= 15 is 0 Å². The molecule has 1 saturated heterocycles. The molecule has 0 aliphatic carbocycles. The molecule has 1 aromatic carbocycles. The molecular weight excluding hydrogens is 365 g/mol. The number of amides is 1. The number of carbonyl (C=O) groups excluding carboxylic acids is 1. The summed E-state index contributed by atoms with van der Waals surface area (Å²) in [5.74, 6) is -0.284. The lowest BCUT2D eigenvalue weighted by Crippen LogP contribution is -2.47. The van der Waals surface area contributed by atoms with Crippen LogP contribution in [-0.2, 0) is 27.7 Å². The van der Waals surface area contributed by atoms with E-state index in [4.69, 9.17) is 4.74 Å². The van der Waals surface area contributed by atoms with E-state index < -0.39 is 17.2 Å². The van der Waals surface area contributed by atoms with Gasteiger partial charge in [-0.25, -0.2) is 4.98 Å². The largest absolute Gasteiger partial charge is 0.416 e. The van der Waals surface area contributed by atoms with Crippen molar-refractivity contribution in [3.05, 3.63) is 51.5 Å². The number of rotatable bonds is 4. The maximum Gasteiger partial charge on any atom is 0.416 e. The molecule has 0 unspecified atom stereocenters. The van der Waals surface area contributed by atoms with Crippen molar-refractivity contribution >= 4 is 17.2 Å². The fraction of sp³-hybridized carbons (Fsp3) is 0.444. The zero-order valence-corrected chi connectivity index (χ0v) is 15.0. The number of ether oxygens (including phenoxy) is 1. The summed E-state index contributed by atoms with van der Waals surface area (Å²) in [7, 11) is 0. The van der Waals surface area contributed by atoms with Gasteiger partial charge in [0.2, 0.25) is 5.91 Å². The van der Waals surface area contributed by atoms with E-state index in [1.165, 1.54) is 17.4 Å². The monoisotopic (exact) mass is 384 g/mol. The van der Waals surface area contributed by atoms with Crippen molar-refractivity contribution in [3.8, 4) is 0 Å². The smallest absolute Gasteiger partial charge is 0.381 e. The molecule has 4 nitrogen and oxygen atoms in total. The normalized spacial score (nSPS) is 17.1. The first kappa shape index (κ1) is 18.8. The van der Waals surface area contributed by atoms with Gasteiger partial charge in [0.25, 0.3) is 0 Å². The Morgan fingerprint density at radius 3 is 2.69 bits per heavy atom. The fourth-order valence-corrected chi connectivity index (χ4v) is 3.88. The Kier molecular flexibility index (Phi) is 5.34. The number of benzene rings is 1. The van der Waals surface area contributed by atoms with Gasteiger partial charge in [0, 0.05) is 24.3 Å². The first-order valence-electron chi connectivity index (χ1n) is 8.26. The van der Waals surface area contributed by atoms with Gasteiger partial charge >= 0.3 is 6.18 Å². The van der Waals surface area contributed by atoms with Crippen molar-refractivity contribution < 1.29 is 22.7 Å². The van der Waals surface area contributed by atoms with Crippen LogP contribution in [0.4, 0.5) is 13.2 Å². The van der Waals surface area contributed by atoms with Crippen LogP contribution in [0, 0.1) is 6.92 Å². The van der Waals surface area contributed by atoms with E-state index in [1.807, 2.05) is 12.3 Å². The summed E-state index contributed by atoms with van der Waals surface area (Å²) < 4.78 is 44.6. The SMILES string of the molecule is Cc1csc(CNC(=O)C2(c3cccc(C(F)(F)F)c3)CCOCC2)n1. The molecule has 3 rings (SSSR count). The number of hydrogen-bond donors (Lipinski definition) is 1. The molecule has 0 radical (unpaired) electrons. The number of nitrogens with one attached hydrogen (secondary N) is 1.